The highest BCUT2D eigenvalue weighted by Crippen LogP contribution is 2.32. The third-order valence-electron chi connectivity index (χ3n) is 0.615. The van der Waals surface area contributed by atoms with Crippen molar-refractivity contribution in [2.45, 2.75) is 0 Å². The Hall–Kier alpha value is 1.20. The van der Waals surface area contributed by atoms with Crippen LogP contribution in [0.25, 0.3) is 0 Å². The Labute approximate surface area is 78.5 Å². The Morgan fingerprint density at radius 2 is 2.38 bits per heavy atom. The highest BCUT2D eigenvalue weighted by atomic mass is 127. The molecule has 0 saturated heterocycles. The highest BCUT2D eigenvalue weighted by molar-refractivity contribution is 14.1. The van der Waals surface area contributed by atoms with Gasteiger partial charge in [0.25, 0.3) is 0 Å². The molecule has 8 heavy (non-hydrogen) atoms. The largest absolute Gasteiger partial charge is 0.121 e. The molecule has 0 aliphatic rings. The maximum atomic E-state index is 5.69. The zero-order valence-corrected chi connectivity index (χ0v) is 8.94. The minimum atomic E-state index is 0.805. The van der Waals surface area contributed by atoms with Crippen molar-refractivity contribution in [3.63, 3.8) is 0 Å². The molecule has 0 bridgehead atoms. The van der Waals surface area contributed by atoms with E-state index in [1.165, 1.54) is 2.88 Å². The fourth-order valence-corrected chi connectivity index (χ4v) is 3.82. The molecule has 1 heterocycles. The second kappa shape index (κ2) is 2.86. The van der Waals surface area contributed by atoms with Gasteiger partial charge in [-0.3, -0.25) is 0 Å². The lowest BCUT2D eigenvalue weighted by Crippen LogP contribution is -1.46. The molecule has 0 saturated carbocycles. The van der Waals surface area contributed by atoms with Crippen LogP contribution in [0.4, 0.5) is 0 Å². The van der Waals surface area contributed by atoms with Gasteiger partial charge in [-0.05, 0) is 44.6 Å². The summed E-state index contributed by atoms with van der Waals surface area (Å²) in [5, 5.41) is 0.805. The van der Waals surface area contributed by atoms with E-state index in [2.05, 4.69) is 38.5 Å². The molecular formula is C4HBrClIS. The van der Waals surface area contributed by atoms with E-state index < -0.39 is 0 Å². The van der Waals surface area contributed by atoms with Crippen molar-refractivity contribution in [3.8, 4) is 0 Å². The van der Waals surface area contributed by atoms with Crippen LogP contribution < -0.4 is 0 Å². The van der Waals surface area contributed by atoms with Crippen LogP contribution in [0.5, 0.6) is 0 Å². The highest BCUT2D eigenvalue weighted by Gasteiger charge is 1.99. The van der Waals surface area contributed by atoms with Crippen LogP contribution >= 0.6 is 61.5 Å². The summed E-state index contributed by atoms with van der Waals surface area (Å²) in [6, 6.07) is 1.93. The minimum absolute atomic E-state index is 0.805. The van der Waals surface area contributed by atoms with Crippen molar-refractivity contribution in [1.29, 1.82) is 0 Å². The first-order valence-electron chi connectivity index (χ1n) is 1.80. The van der Waals surface area contributed by atoms with Gasteiger partial charge < -0.3 is 0 Å². The van der Waals surface area contributed by atoms with E-state index in [-0.39, 0.29) is 0 Å². The van der Waals surface area contributed by atoms with E-state index >= 15 is 0 Å². The predicted molar refractivity (Wildman–Crippen MR) is 49.7 cm³/mol. The number of hydrogen-bond donors (Lipinski definition) is 0. The van der Waals surface area contributed by atoms with Crippen molar-refractivity contribution < 1.29 is 0 Å². The second-order valence-corrected chi connectivity index (χ2v) is 5.84. The van der Waals surface area contributed by atoms with Crippen LogP contribution in [0.1, 0.15) is 0 Å². The smallest absolute Gasteiger partial charge is 0.0895 e. The molecule has 0 N–H and O–H groups in total. The van der Waals surface area contributed by atoms with Crippen LogP contribution in [0.3, 0.4) is 0 Å². The average molecular weight is 323 g/mol. The Kier molecular flexibility index (Phi) is 2.61. The maximum Gasteiger partial charge on any atom is 0.0895 e. The molecule has 1 aromatic rings. The van der Waals surface area contributed by atoms with Gasteiger partial charge in [-0.1, -0.05) is 11.6 Å². The molecule has 0 aliphatic heterocycles. The van der Waals surface area contributed by atoms with Gasteiger partial charge in [0.05, 0.1) is 11.7 Å². The van der Waals surface area contributed by atoms with Gasteiger partial charge in [0.15, 0.2) is 0 Å². The van der Waals surface area contributed by atoms with Gasteiger partial charge in [0.2, 0.25) is 0 Å². The van der Waals surface area contributed by atoms with E-state index in [0.29, 0.717) is 0 Å². The standard InChI is InChI=1S/C4HBrClIS/c5-4-2(6)1-3(7)8-4/h1H. The molecule has 0 unspecified atom stereocenters. The number of thiophene rings is 1. The second-order valence-electron chi connectivity index (χ2n) is 1.17. The van der Waals surface area contributed by atoms with Gasteiger partial charge in [0, 0.05) is 0 Å². The van der Waals surface area contributed by atoms with E-state index in [4.69, 9.17) is 11.6 Å². The van der Waals surface area contributed by atoms with Gasteiger partial charge in [-0.15, -0.1) is 11.3 Å². The van der Waals surface area contributed by atoms with Gasteiger partial charge >= 0.3 is 0 Å². The van der Waals surface area contributed by atoms with E-state index in [9.17, 15) is 0 Å². The average Bonchev–Trinajstić information content (AvgIpc) is 1.85. The first kappa shape index (κ1) is 7.31. The van der Waals surface area contributed by atoms with Crippen LogP contribution in [0.15, 0.2) is 9.85 Å². The summed E-state index contributed by atoms with van der Waals surface area (Å²) in [4.78, 5) is 0. The number of hydrogen-bond acceptors (Lipinski definition) is 1. The molecule has 0 fully saturated rings. The molecule has 4 heteroatoms. The SMILES string of the molecule is Clc1cc(I)sc1Br. The lowest BCUT2D eigenvalue weighted by molar-refractivity contribution is 1.92. The third kappa shape index (κ3) is 1.59. The van der Waals surface area contributed by atoms with Crippen LogP contribution in [0, 0.1) is 2.88 Å². The summed E-state index contributed by atoms with van der Waals surface area (Å²) in [6.45, 7) is 0. The minimum Gasteiger partial charge on any atom is -0.121 e. The Morgan fingerprint density at radius 1 is 1.75 bits per heavy atom. The summed E-state index contributed by atoms with van der Waals surface area (Å²) in [5.74, 6) is 0. The first-order valence-corrected chi connectivity index (χ1v) is 4.87. The lowest BCUT2D eigenvalue weighted by Gasteiger charge is -1.74. The Morgan fingerprint density at radius 3 is 2.50 bits per heavy atom. The monoisotopic (exact) mass is 322 g/mol. The molecule has 1 aromatic heterocycles. The van der Waals surface area contributed by atoms with Crippen molar-refractivity contribution >= 4 is 61.5 Å². The lowest BCUT2D eigenvalue weighted by atomic mass is 10.7. The molecule has 0 spiro atoms. The zero-order valence-electron chi connectivity index (χ0n) is 3.62. The topological polar surface area (TPSA) is 0 Å². The zero-order chi connectivity index (χ0) is 6.15. The van der Waals surface area contributed by atoms with Crippen molar-refractivity contribution in [2.75, 3.05) is 0 Å². The van der Waals surface area contributed by atoms with Crippen molar-refractivity contribution in [2.24, 2.45) is 0 Å². The Balaban J connectivity index is 3.14. The van der Waals surface area contributed by atoms with Crippen LogP contribution in [-0.4, -0.2) is 0 Å². The molecule has 1 rings (SSSR count). The van der Waals surface area contributed by atoms with Crippen LogP contribution in [0.2, 0.25) is 5.02 Å². The van der Waals surface area contributed by atoms with E-state index in [1.54, 1.807) is 11.3 Å². The normalized spacial score (nSPS) is 9.88. The number of halogens is 3. The van der Waals surface area contributed by atoms with Crippen molar-refractivity contribution in [3.05, 3.63) is 17.8 Å². The fraction of sp³-hybridized carbons (Fsp3) is 0. The molecule has 0 nitrogen and oxygen atoms in total. The molecule has 44 valence electrons. The molecule has 0 atom stereocenters. The number of rotatable bonds is 0. The van der Waals surface area contributed by atoms with Crippen LogP contribution in [-0.2, 0) is 0 Å². The molecule has 0 amide bonds. The molecular weight excluding hydrogens is 322 g/mol. The Bertz CT molecular complexity index is 178. The summed E-state index contributed by atoms with van der Waals surface area (Å²) in [5.41, 5.74) is 0. The maximum absolute atomic E-state index is 5.69. The molecule has 0 aromatic carbocycles. The third-order valence-corrected chi connectivity index (χ3v) is 3.85. The molecule has 0 radical (unpaired) electrons. The first-order chi connectivity index (χ1) is 3.70. The van der Waals surface area contributed by atoms with Gasteiger partial charge in [0.1, 0.15) is 0 Å². The van der Waals surface area contributed by atoms with Gasteiger partial charge in [-0.2, -0.15) is 0 Å². The quantitative estimate of drug-likeness (QED) is 0.638. The van der Waals surface area contributed by atoms with E-state index in [1.807, 2.05) is 6.07 Å². The summed E-state index contributed by atoms with van der Waals surface area (Å²) in [7, 11) is 0. The summed E-state index contributed by atoms with van der Waals surface area (Å²) < 4.78 is 2.23. The van der Waals surface area contributed by atoms with Crippen molar-refractivity contribution in [1.82, 2.24) is 0 Å². The summed E-state index contributed by atoms with van der Waals surface area (Å²) >= 11 is 12.9. The predicted octanol–water partition coefficient (Wildman–Crippen LogP) is 3.77. The fourth-order valence-electron chi connectivity index (χ4n) is 0.320. The van der Waals surface area contributed by atoms with E-state index in [0.717, 1.165) is 8.81 Å². The molecule has 0 aliphatic carbocycles. The van der Waals surface area contributed by atoms with Gasteiger partial charge in [-0.25, -0.2) is 0 Å². The summed E-state index contributed by atoms with van der Waals surface area (Å²) in [6.07, 6.45) is 0.